The van der Waals surface area contributed by atoms with Crippen LogP contribution in [-0.4, -0.2) is 22.2 Å². The predicted octanol–water partition coefficient (Wildman–Crippen LogP) is 14.1. The van der Waals surface area contributed by atoms with E-state index in [0.29, 0.717) is 28.8 Å². The number of ether oxygens (including phenoxy) is 2. The molecular weight excluding hydrogens is 673 g/mol. The minimum absolute atomic E-state index is 0.0869. The normalized spacial score (nSPS) is 11.5. The van der Waals surface area contributed by atoms with E-state index in [1.165, 1.54) is 11.1 Å². The number of anilines is 1. The van der Waals surface area contributed by atoms with Crippen LogP contribution in [0.25, 0.3) is 0 Å². The van der Waals surface area contributed by atoms with Gasteiger partial charge in [-0.1, -0.05) is 91.8 Å². The summed E-state index contributed by atoms with van der Waals surface area (Å²) in [5.41, 5.74) is 6.48. The average Bonchev–Trinajstić information content (AvgIpc) is 3.05. The Bertz CT molecular complexity index is 1790. The molecule has 4 rings (SSSR count). The van der Waals surface area contributed by atoms with E-state index < -0.39 is 0 Å². The van der Waals surface area contributed by atoms with Gasteiger partial charge in [0.25, 0.3) is 0 Å². The van der Waals surface area contributed by atoms with E-state index in [9.17, 15) is 0 Å². The van der Waals surface area contributed by atoms with Gasteiger partial charge in [0.15, 0.2) is 5.11 Å². The van der Waals surface area contributed by atoms with Gasteiger partial charge in [-0.05, 0) is 148 Å². The Balaban J connectivity index is 0.000000286. The molecule has 4 aromatic rings. The van der Waals surface area contributed by atoms with E-state index in [0.717, 1.165) is 45.5 Å². The summed E-state index contributed by atoms with van der Waals surface area (Å²) in [5.74, 6) is 4.69. The zero-order valence-corrected chi connectivity index (χ0v) is 35.3. The topological polar surface area (TPSA) is 67.2 Å². The number of nitrogens with one attached hydrogen (secondary N) is 2. The van der Waals surface area contributed by atoms with Crippen LogP contribution in [0, 0.1) is 0 Å². The van der Waals surface area contributed by atoms with Gasteiger partial charge in [0.1, 0.15) is 23.0 Å². The van der Waals surface area contributed by atoms with Gasteiger partial charge in [-0.25, -0.2) is 4.99 Å². The van der Waals surface area contributed by atoms with Crippen LogP contribution in [0.4, 0.5) is 11.4 Å². The van der Waals surface area contributed by atoms with Crippen LogP contribution < -0.4 is 20.1 Å². The van der Waals surface area contributed by atoms with Crippen molar-refractivity contribution >= 4 is 34.7 Å². The number of hydrogen-bond acceptors (Lipinski definition) is 5. The smallest absolute Gasteiger partial charge is 0.171 e. The summed E-state index contributed by atoms with van der Waals surface area (Å²) in [6.07, 6.45) is 0. The van der Waals surface area contributed by atoms with Crippen LogP contribution in [0.3, 0.4) is 0 Å². The molecule has 0 spiro atoms. The van der Waals surface area contributed by atoms with Crippen LogP contribution in [0.5, 0.6) is 23.0 Å². The number of nitrogens with zero attached hydrogens (tertiary/aromatic N) is 2. The van der Waals surface area contributed by atoms with Gasteiger partial charge in [0.05, 0.1) is 17.2 Å². The second kappa shape index (κ2) is 19.0. The lowest BCUT2D eigenvalue weighted by Gasteiger charge is -2.27. The fourth-order valence-corrected chi connectivity index (χ4v) is 5.86. The first kappa shape index (κ1) is 43.0. The molecule has 0 heterocycles. The van der Waals surface area contributed by atoms with Gasteiger partial charge in [-0.2, -0.15) is 4.99 Å². The Hall–Kier alpha value is -4.45. The van der Waals surface area contributed by atoms with Gasteiger partial charge in [-0.15, -0.1) is 0 Å². The Morgan fingerprint density at radius 3 is 1.30 bits per heavy atom. The van der Waals surface area contributed by atoms with Gasteiger partial charge >= 0.3 is 0 Å². The maximum atomic E-state index is 6.12. The molecule has 0 aliphatic carbocycles. The summed E-state index contributed by atoms with van der Waals surface area (Å²) < 4.78 is 12.2. The molecule has 0 atom stereocenters. The van der Waals surface area contributed by atoms with Crippen LogP contribution in [-0.2, 0) is 0 Å². The molecule has 0 bridgehead atoms. The number of para-hydroxylation sites is 2. The van der Waals surface area contributed by atoms with Crippen LogP contribution in [0.1, 0.15) is 143 Å². The first-order valence-corrected chi connectivity index (χ1v) is 19.2. The van der Waals surface area contributed by atoms with Crippen LogP contribution in [0.15, 0.2) is 94.9 Å². The monoisotopic (exact) mass is 734 g/mol. The van der Waals surface area contributed by atoms with E-state index in [1.807, 2.05) is 81.4 Å². The molecule has 0 radical (unpaired) electrons. The fraction of sp³-hybridized carbons (Fsp3) is 0.435. The zero-order chi connectivity index (χ0) is 39.5. The summed E-state index contributed by atoms with van der Waals surface area (Å²) in [7, 11) is 0. The highest BCUT2D eigenvalue weighted by Gasteiger charge is 2.20. The lowest BCUT2D eigenvalue weighted by Crippen LogP contribution is -2.43. The Morgan fingerprint density at radius 2 is 0.962 bits per heavy atom. The molecular formula is C46H62N4O2S. The quantitative estimate of drug-likeness (QED) is 0.125. The number of rotatable bonds is 10. The van der Waals surface area contributed by atoms with Gasteiger partial charge in [0.2, 0.25) is 0 Å². The molecule has 0 aliphatic rings. The van der Waals surface area contributed by atoms with Crippen molar-refractivity contribution in [1.82, 2.24) is 5.32 Å². The second-order valence-corrected chi connectivity index (χ2v) is 17.1. The molecule has 0 aliphatic heterocycles. The minimum atomic E-state index is -0.185. The molecule has 0 aromatic heterocycles. The molecule has 0 unspecified atom stereocenters. The van der Waals surface area contributed by atoms with E-state index in [-0.39, 0.29) is 11.1 Å². The van der Waals surface area contributed by atoms with E-state index in [2.05, 4.69) is 127 Å². The van der Waals surface area contributed by atoms with E-state index in [4.69, 9.17) is 21.7 Å². The summed E-state index contributed by atoms with van der Waals surface area (Å²) in [6.45, 7) is 29.9. The Morgan fingerprint density at radius 1 is 0.585 bits per heavy atom. The lowest BCUT2D eigenvalue weighted by molar-refractivity contribution is 0.480. The van der Waals surface area contributed by atoms with Crippen molar-refractivity contribution in [1.29, 1.82) is 0 Å². The standard InChI is InChI=1S/C23H32N2OS.C23H30N2O/c1-15(2)19-13-18(26-17-11-9-8-10-12-17)14-20(16(3)4)21(19)24-22(27)25-23(5,6)7;1-16(2)20-13-19(26-18-11-9-8-10-12-18)14-21(17(3)4)22(20)24-15-25-23(5,6)7/h8-16H,1-7H3,(H2,24,25,27);8-14,16-17H,1-7H3. The predicted molar refractivity (Wildman–Crippen MR) is 231 cm³/mol. The number of thiocarbonyl (C=S) groups is 1. The summed E-state index contributed by atoms with van der Waals surface area (Å²) in [4.78, 5) is 9.00. The van der Waals surface area contributed by atoms with E-state index in [1.54, 1.807) is 0 Å². The molecule has 7 heteroatoms. The third kappa shape index (κ3) is 14.1. The van der Waals surface area contributed by atoms with Crippen molar-refractivity contribution < 1.29 is 9.47 Å². The Kier molecular flexibility index (Phi) is 15.4. The third-order valence-electron chi connectivity index (χ3n) is 8.04. The largest absolute Gasteiger partial charge is 0.457 e. The van der Waals surface area contributed by atoms with Crippen molar-refractivity contribution in [3.63, 3.8) is 0 Å². The highest BCUT2D eigenvalue weighted by Crippen LogP contribution is 2.40. The second-order valence-electron chi connectivity index (χ2n) is 16.7. The zero-order valence-electron chi connectivity index (χ0n) is 34.5. The highest BCUT2D eigenvalue weighted by atomic mass is 32.1. The molecule has 0 fully saturated rings. The lowest BCUT2D eigenvalue weighted by atomic mass is 9.92. The van der Waals surface area contributed by atoms with Crippen molar-refractivity contribution in [3.8, 4) is 23.0 Å². The molecule has 0 saturated carbocycles. The first-order valence-electron chi connectivity index (χ1n) is 18.8. The van der Waals surface area contributed by atoms with Crippen molar-refractivity contribution in [2.45, 2.75) is 132 Å². The third-order valence-corrected chi connectivity index (χ3v) is 8.24. The Labute approximate surface area is 325 Å². The number of hydrogen-bond donors (Lipinski definition) is 2. The molecule has 53 heavy (non-hydrogen) atoms. The van der Waals surface area contributed by atoms with E-state index >= 15 is 0 Å². The summed E-state index contributed by atoms with van der Waals surface area (Å²) in [6, 6.07) is 31.1. The fourth-order valence-electron chi connectivity index (χ4n) is 5.45. The van der Waals surface area contributed by atoms with Crippen molar-refractivity contribution in [2.24, 2.45) is 9.98 Å². The molecule has 2 N–H and O–H groups in total. The maximum absolute atomic E-state index is 6.12. The average molecular weight is 735 g/mol. The van der Waals surface area contributed by atoms with Crippen LogP contribution >= 0.6 is 12.2 Å². The molecule has 4 aromatic carbocycles. The first-order chi connectivity index (χ1) is 24.7. The van der Waals surface area contributed by atoms with Crippen LogP contribution in [0.2, 0.25) is 0 Å². The maximum Gasteiger partial charge on any atom is 0.171 e. The molecule has 0 saturated heterocycles. The number of benzene rings is 4. The summed E-state index contributed by atoms with van der Waals surface area (Å²) >= 11 is 5.56. The summed E-state index contributed by atoms with van der Waals surface area (Å²) in [5, 5.41) is 7.44. The molecule has 284 valence electrons. The molecule has 6 nitrogen and oxygen atoms in total. The van der Waals surface area contributed by atoms with Gasteiger partial charge < -0.3 is 20.1 Å². The minimum Gasteiger partial charge on any atom is -0.457 e. The number of aliphatic imine (C=N–C) groups is 2. The molecule has 0 amide bonds. The van der Waals surface area contributed by atoms with Gasteiger partial charge in [-0.3, -0.25) is 0 Å². The van der Waals surface area contributed by atoms with Crippen molar-refractivity contribution in [3.05, 3.63) is 107 Å². The van der Waals surface area contributed by atoms with Gasteiger partial charge in [0, 0.05) is 11.2 Å². The highest BCUT2D eigenvalue weighted by molar-refractivity contribution is 7.80. The van der Waals surface area contributed by atoms with Crippen molar-refractivity contribution in [2.75, 3.05) is 5.32 Å². The SMILES string of the molecule is CC(C)c1cc(Oc2ccccc2)cc(C(C)C)c1N=C=NC(C)(C)C.CC(C)c1cc(Oc2ccccc2)cc(C(C)C)c1NC(=S)NC(C)(C)C.